The fraction of sp³-hybridized carbons (Fsp3) is 0.300. The number of halogens is 1. The van der Waals surface area contributed by atoms with Gasteiger partial charge >= 0.3 is 0 Å². The number of nitriles is 1. The van der Waals surface area contributed by atoms with Gasteiger partial charge in [0, 0.05) is 6.54 Å². The second-order valence-corrected chi connectivity index (χ2v) is 5.16. The van der Waals surface area contributed by atoms with Crippen LogP contribution in [0.1, 0.15) is 12.5 Å². The van der Waals surface area contributed by atoms with Gasteiger partial charge < -0.3 is 5.11 Å². The molecule has 1 aromatic rings. The van der Waals surface area contributed by atoms with Crippen molar-refractivity contribution in [1.29, 1.82) is 5.26 Å². The summed E-state index contributed by atoms with van der Waals surface area (Å²) in [6, 6.07) is 4.84. The second kappa shape index (κ2) is 5.23. The van der Waals surface area contributed by atoms with Crippen LogP contribution in [0, 0.1) is 17.1 Å². The first-order valence-electron chi connectivity index (χ1n) is 4.75. The van der Waals surface area contributed by atoms with E-state index in [0.29, 0.717) is 0 Å². The molecule has 0 radical (unpaired) electrons. The molecule has 5 nitrogen and oxygen atoms in total. The Hall–Kier alpha value is -1.49. The maximum atomic E-state index is 13.2. The molecule has 0 aliphatic heterocycles. The molecule has 0 amide bonds. The van der Waals surface area contributed by atoms with E-state index in [-0.39, 0.29) is 6.54 Å². The van der Waals surface area contributed by atoms with Crippen LogP contribution in [0.15, 0.2) is 23.1 Å². The van der Waals surface area contributed by atoms with E-state index in [4.69, 9.17) is 10.4 Å². The van der Waals surface area contributed by atoms with E-state index in [1.807, 2.05) is 0 Å². The van der Waals surface area contributed by atoms with Crippen molar-refractivity contribution in [1.82, 2.24) is 4.72 Å². The summed E-state index contributed by atoms with van der Waals surface area (Å²) in [6.07, 6.45) is -0.871. The van der Waals surface area contributed by atoms with E-state index < -0.39 is 32.4 Å². The molecule has 1 rings (SSSR count). The van der Waals surface area contributed by atoms with Gasteiger partial charge in [-0.05, 0) is 19.1 Å². The van der Waals surface area contributed by atoms with Crippen molar-refractivity contribution in [3.05, 3.63) is 29.6 Å². The lowest BCUT2D eigenvalue weighted by molar-refractivity contribution is 0.198. The molecule has 0 saturated heterocycles. The summed E-state index contributed by atoms with van der Waals surface area (Å²) < 4.78 is 38.8. The van der Waals surface area contributed by atoms with Gasteiger partial charge in [-0.25, -0.2) is 17.5 Å². The molecule has 92 valence electrons. The van der Waals surface area contributed by atoms with Crippen LogP contribution >= 0.6 is 0 Å². The number of benzene rings is 1. The highest BCUT2D eigenvalue weighted by atomic mass is 32.2. The molecule has 1 atom stereocenters. The summed E-state index contributed by atoms with van der Waals surface area (Å²) in [4.78, 5) is -0.430. The molecule has 0 spiro atoms. The van der Waals surface area contributed by atoms with Crippen molar-refractivity contribution >= 4 is 10.0 Å². The number of nitrogens with one attached hydrogen (secondary N) is 1. The minimum Gasteiger partial charge on any atom is -0.392 e. The highest BCUT2D eigenvalue weighted by molar-refractivity contribution is 7.89. The lowest BCUT2D eigenvalue weighted by Gasteiger charge is -2.09. The smallest absolute Gasteiger partial charge is 0.242 e. The van der Waals surface area contributed by atoms with Gasteiger partial charge in [0.1, 0.15) is 22.3 Å². The zero-order valence-electron chi connectivity index (χ0n) is 9.01. The number of rotatable bonds is 4. The third kappa shape index (κ3) is 3.23. The zero-order valence-corrected chi connectivity index (χ0v) is 9.83. The monoisotopic (exact) mass is 258 g/mol. The van der Waals surface area contributed by atoms with Gasteiger partial charge in [0.05, 0.1) is 6.10 Å². The van der Waals surface area contributed by atoms with Crippen molar-refractivity contribution in [3.63, 3.8) is 0 Å². The average molecular weight is 258 g/mol. The van der Waals surface area contributed by atoms with Gasteiger partial charge in [-0.15, -0.1) is 0 Å². The number of sulfonamides is 1. The fourth-order valence-electron chi connectivity index (χ4n) is 1.14. The topological polar surface area (TPSA) is 90.2 Å². The number of nitrogens with zero attached hydrogens (tertiary/aromatic N) is 1. The molecular weight excluding hydrogens is 247 g/mol. The quantitative estimate of drug-likeness (QED) is 0.815. The van der Waals surface area contributed by atoms with E-state index in [2.05, 4.69) is 4.72 Å². The van der Waals surface area contributed by atoms with Crippen LogP contribution in [0.3, 0.4) is 0 Å². The minimum absolute atomic E-state index is 0.205. The summed E-state index contributed by atoms with van der Waals surface area (Å²) >= 11 is 0. The molecule has 0 heterocycles. The predicted octanol–water partition coefficient (Wildman–Crippen LogP) is 0.356. The van der Waals surface area contributed by atoms with Gasteiger partial charge in [0.25, 0.3) is 0 Å². The normalized spacial score (nSPS) is 13.1. The van der Waals surface area contributed by atoms with Gasteiger partial charge in [-0.1, -0.05) is 6.07 Å². The fourth-order valence-corrected chi connectivity index (χ4v) is 2.43. The van der Waals surface area contributed by atoms with Crippen molar-refractivity contribution < 1.29 is 17.9 Å². The first-order chi connectivity index (χ1) is 7.88. The van der Waals surface area contributed by atoms with Crippen molar-refractivity contribution in [2.75, 3.05) is 6.54 Å². The van der Waals surface area contributed by atoms with Crippen molar-refractivity contribution in [2.24, 2.45) is 0 Å². The third-order valence-electron chi connectivity index (χ3n) is 1.95. The number of aliphatic hydroxyl groups excluding tert-OH is 1. The Morgan fingerprint density at radius 3 is 2.76 bits per heavy atom. The van der Waals surface area contributed by atoms with Crippen LogP contribution in [0.2, 0.25) is 0 Å². The van der Waals surface area contributed by atoms with Gasteiger partial charge in [-0.3, -0.25) is 0 Å². The average Bonchev–Trinajstić information content (AvgIpc) is 2.26. The largest absolute Gasteiger partial charge is 0.392 e. The van der Waals surface area contributed by atoms with E-state index in [0.717, 1.165) is 12.1 Å². The lowest BCUT2D eigenvalue weighted by Crippen LogP contribution is -2.31. The summed E-state index contributed by atoms with van der Waals surface area (Å²) in [7, 11) is -3.99. The first-order valence-corrected chi connectivity index (χ1v) is 6.23. The molecule has 2 N–H and O–H groups in total. The summed E-state index contributed by atoms with van der Waals surface area (Å²) in [6.45, 7) is 1.20. The van der Waals surface area contributed by atoms with Crippen LogP contribution in [0.5, 0.6) is 0 Å². The molecule has 7 heteroatoms. The highest BCUT2D eigenvalue weighted by Crippen LogP contribution is 2.17. The Labute approximate surface area is 98.6 Å². The molecule has 1 aromatic carbocycles. The predicted molar refractivity (Wildman–Crippen MR) is 58.0 cm³/mol. The zero-order chi connectivity index (χ0) is 13.1. The van der Waals surface area contributed by atoms with Crippen LogP contribution in [0.4, 0.5) is 4.39 Å². The molecule has 0 fully saturated rings. The molecule has 17 heavy (non-hydrogen) atoms. The van der Waals surface area contributed by atoms with Crippen molar-refractivity contribution in [2.45, 2.75) is 17.9 Å². The molecule has 0 aromatic heterocycles. The standard InChI is InChI=1S/C10H11FN2O3S/c1-7(14)6-13-17(15,16)10-4-2-3-9(11)8(10)5-12/h2-4,7,13-14H,6H2,1H3. The SMILES string of the molecule is CC(O)CNS(=O)(=O)c1cccc(F)c1C#N. The Balaban J connectivity index is 3.17. The molecule has 0 saturated carbocycles. The summed E-state index contributed by atoms with van der Waals surface area (Å²) in [5.41, 5.74) is -0.536. The van der Waals surface area contributed by atoms with E-state index >= 15 is 0 Å². The Kier molecular flexibility index (Phi) is 4.17. The summed E-state index contributed by atoms with van der Waals surface area (Å²) in [5.74, 6) is -0.896. The van der Waals surface area contributed by atoms with Gasteiger partial charge in [0.2, 0.25) is 10.0 Å². The molecular formula is C10H11FN2O3S. The molecule has 1 unspecified atom stereocenters. The highest BCUT2D eigenvalue weighted by Gasteiger charge is 2.21. The number of hydrogen-bond acceptors (Lipinski definition) is 4. The van der Waals surface area contributed by atoms with E-state index in [1.54, 1.807) is 0 Å². The van der Waals surface area contributed by atoms with Crippen LogP contribution in [-0.2, 0) is 10.0 Å². The Morgan fingerprint density at radius 1 is 1.59 bits per heavy atom. The van der Waals surface area contributed by atoms with Gasteiger partial charge in [0.15, 0.2) is 0 Å². The van der Waals surface area contributed by atoms with Crippen LogP contribution in [0.25, 0.3) is 0 Å². The number of aliphatic hydroxyl groups is 1. The number of hydrogen-bond donors (Lipinski definition) is 2. The van der Waals surface area contributed by atoms with Crippen LogP contribution in [-0.4, -0.2) is 26.2 Å². The Bertz CT molecular complexity index is 549. The maximum absolute atomic E-state index is 13.2. The molecule has 0 aliphatic rings. The minimum atomic E-state index is -3.99. The summed E-state index contributed by atoms with van der Waals surface area (Å²) in [5, 5.41) is 17.7. The maximum Gasteiger partial charge on any atom is 0.242 e. The van der Waals surface area contributed by atoms with E-state index in [1.165, 1.54) is 19.1 Å². The second-order valence-electron chi connectivity index (χ2n) is 3.43. The van der Waals surface area contributed by atoms with Crippen molar-refractivity contribution in [3.8, 4) is 6.07 Å². The Morgan fingerprint density at radius 2 is 2.24 bits per heavy atom. The lowest BCUT2D eigenvalue weighted by atomic mass is 10.2. The molecule has 0 bridgehead atoms. The first kappa shape index (κ1) is 13.6. The van der Waals surface area contributed by atoms with Crippen LogP contribution < -0.4 is 4.72 Å². The van der Waals surface area contributed by atoms with E-state index in [9.17, 15) is 12.8 Å². The molecule has 0 aliphatic carbocycles. The third-order valence-corrected chi connectivity index (χ3v) is 3.41. The van der Waals surface area contributed by atoms with Gasteiger partial charge in [-0.2, -0.15) is 5.26 Å².